The number of amides is 1. The fraction of sp³-hybridized carbons (Fsp3) is 0.417. The summed E-state index contributed by atoms with van der Waals surface area (Å²) < 4.78 is 25.8. The summed E-state index contributed by atoms with van der Waals surface area (Å²) in [6.45, 7) is 2.10. The number of benzene rings is 1. The van der Waals surface area contributed by atoms with Crippen LogP contribution in [0.3, 0.4) is 0 Å². The predicted octanol–water partition coefficient (Wildman–Crippen LogP) is 0.581. The molecule has 0 radical (unpaired) electrons. The van der Waals surface area contributed by atoms with E-state index in [0.29, 0.717) is 30.6 Å². The molecule has 1 aromatic rings. The fourth-order valence-electron chi connectivity index (χ4n) is 1.63. The molecule has 0 aliphatic rings. The second-order valence-corrected chi connectivity index (χ2v) is 5.93. The monoisotopic (exact) mass is 285 g/mol. The van der Waals surface area contributed by atoms with Crippen LogP contribution in [0, 0.1) is 6.92 Å². The molecule has 0 fully saturated rings. The van der Waals surface area contributed by atoms with Gasteiger partial charge in [-0.25, -0.2) is 13.1 Å². The van der Waals surface area contributed by atoms with Crippen molar-refractivity contribution in [2.45, 2.75) is 24.7 Å². The number of nitrogens with two attached hydrogens (primary N) is 1. The molecule has 0 spiro atoms. The van der Waals surface area contributed by atoms with Crippen LogP contribution < -0.4 is 15.8 Å². The summed E-state index contributed by atoms with van der Waals surface area (Å²) in [7, 11) is -2.18. The molecule has 1 aromatic carbocycles. The number of hydrogen-bond donors (Lipinski definition) is 3. The van der Waals surface area contributed by atoms with Gasteiger partial charge in [-0.1, -0.05) is 6.07 Å². The Morgan fingerprint density at radius 3 is 2.63 bits per heavy atom. The summed E-state index contributed by atoms with van der Waals surface area (Å²) in [6.07, 6.45) is 0.915. The van der Waals surface area contributed by atoms with Crippen molar-refractivity contribution in [3.05, 3.63) is 23.8 Å². The molecule has 6 nitrogen and oxygen atoms in total. The quantitative estimate of drug-likeness (QED) is 0.711. The summed E-state index contributed by atoms with van der Waals surface area (Å²) in [5.41, 5.74) is 6.34. The Bertz CT molecular complexity index is 555. The Morgan fingerprint density at radius 2 is 2.05 bits per heavy atom. The van der Waals surface area contributed by atoms with Crippen molar-refractivity contribution in [2.24, 2.45) is 5.73 Å². The highest BCUT2D eigenvalue weighted by Crippen LogP contribution is 2.22. The number of rotatable bonds is 6. The number of sulfonamides is 1. The normalized spacial score (nSPS) is 11.3. The number of nitrogens with one attached hydrogen (secondary N) is 2. The van der Waals surface area contributed by atoms with Gasteiger partial charge in [0.2, 0.25) is 15.9 Å². The predicted molar refractivity (Wildman–Crippen MR) is 74.3 cm³/mol. The highest BCUT2D eigenvalue weighted by molar-refractivity contribution is 7.89. The lowest BCUT2D eigenvalue weighted by Gasteiger charge is -2.12. The Balaban J connectivity index is 2.99. The molecule has 1 amide bonds. The third-order valence-corrected chi connectivity index (χ3v) is 4.28. The van der Waals surface area contributed by atoms with E-state index >= 15 is 0 Å². The van der Waals surface area contributed by atoms with Crippen LogP contribution in [0.15, 0.2) is 23.1 Å². The van der Waals surface area contributed by atoms with Crippen LogP contribution in [0.25, 0.3) is 0 Å². The van der Waals surface area contributed by atoms with E-state index in [2.05, 4.69) is 10.0 Å². The molecule has 0 aromatic heterocycles. The summed E-state index contributed by atoms with van der Waals surface area (Å²) in [4.78, 5) is 11.8. The molecule has 0 saturated carbocycles. The van der Waals surface area contributed by atoms with E-state index in [1.54, 1.807) is 19.1 Å². The summed E-state index contributed by atoms with van der Waals surface area (Å²) in [6, 6.07) is 4.76. The molecule has 0 aliphatic carbocycles. The molecule has 1 rings (SSSR count). The Morgan fingerprint density at radius 1 is 1.37 bits per heavy atom. The van der Waals surface area contributed by atoms with E-state index in [4.69, 9.17) is 5.73 Å². The first kappa shape index (κ1) is 15.6. The van der Waals surface area contributed by atoms with Gasteiger partial charge in [-0.05, 0) is 44.6 Å². The van der Waals surface area contributed by atoms with E-state index in [0.717, 1.165) is 0 Å². The van der Waals surface area contributed by atoms with Crippen LogP contribution in [0.1, 0.15) is 18.4 Å². The average Bonchev–Trinajstić information content (AvgIpc) is 2.38. The molecular weight excluding hydrogens is 266 g/mol. The van der Waals surface area contributed by atoms with Crippen molar-refractivity contribution in [3.63, 3.8) is 0 Å². The van der Waals surface area contributed by atoms with Crippen LogP contribution >= 0.6 is 0 Å². The van der Waals surface area contributed by atoms with Crippen molar-refractivity contribution in [1.82, 2.24) is 4.72 Å². The van der Waals surface area contributed by atoms with Crippen LogP contribution in [0.2, 0.25) is 0 Å². The lowest BCUT2D eigenvalue weighted by molar-refractivity contribution is -0.116. The topological polar surface area (TPSA) is 101 Å². The first-order valence-corrected chi connectivity index (χ1v) is 7.43. The minimum absolute atomic E-state index is 0.159. The Kier molecular flexibility index (Phi) is 5.46. The molecule has 106 valence electrons. The minimum atomic E-state index is -3.53. The van der Waals surface area contributed by atoms with Gasteiger partial charge in [-0.2, -0.15) is 0 Å². The van der Waals surface area contributed by atoms with Crippen molar-refractivity contribution >= 4 is 21.6 Å². The molecule has 7 heteroatoms. The second-order valence-electron chi connectivity index (χ2n) is 4.08. The van der Waals surface area contributed by atoms with Gasteiger partial charge in [0.15, 0.2) is 0 Å². The molecular formula is C12H19N3O3S. The molecule has 0 unspecified atom stereocenters. The van der Waals surface area contributed by atoms with Crippen molar-refractivity contribution in [1.29, 1.82) is 0 Å². The molecule has 0 saturated heterocycles. The summed E-state index contributed by atoms with van der Waals surface area (Å²) in [5.74, 6) is -0.174. The Labute approximate surface area is 113 Å². The minimum Gasteiger partial charge on any atom is -0.330 e. The van der Waals surface area contributed by atoms with Gasteiger partial charge in [0, 0.05) is 12.1 Å². The van der Waals surface area contributed by atoms with E-state index in [9.17, 15) is 13.2 Å². The lowest BCUT2D eigenvalue weighted by atomic mass is 10.2. The molecule has 0 aliphatic heterocycles. The van der Waals surface area contributed by atoms with E-state index in [-0.39, 0.29) is 10.8 Å². The summed E-state index contributed by atoms with van der Waals surface area (Å²) >= 11 is 0. The van der Waals surface area contributed by atoms with Crippen molar-refractivity contribution < 1.29 is 13.2 Å². The highest BCUT2D eigenvalue weighted by Gasteiger charge is 2.17. The standard InChI is InChI=1S/C12H19N3O3S/c1-9-10(15-12(16)7-4-8-13)5-3-6-11(9)19(17,18)14-2/h3,5-6,14H,4,7-8,13H2,1-2H3,(H,15,16). The van der Waals surface area contributed by atoms with Crippen LogP contribution in [-0.2, 0) is 14.8 Å². The van der Waals surface area contributed by atoms with Gasteiger partial charge in [-0.3, -0.25) is 4.79 Å². The Hall–Kier alpha value is -1.44. The third kappa shape index (κ3) is 4.02. The van der Waals surface area contributed by atoms with E-state index in [1.807, 2.05) is 0 Å². The van der Waals surface area contributed by atoms with Gasteiger partial charge >= 0.3 is 0 Å². The number of anilines is 1. The maximum Gasteiger partial charge on any atom is 0.240 e. The van der Waals surface area contributed by atoms with Gasteiger partial charge in [0.25, 0.3) is 0 Å². The number of hydrogen-bond acceptors (Lipinski definition) is 4. The third-order valence-electron chi connectivity index (χ3n) is 2.72. The molecule has 0 atom stereocenters. The number of carbonyl (C=O) groups excluding carboxylic acids is 1. The highest BCUT2D eigenvalue weighted by atomic mass is 32.2. The smallest absolute Gasteiger partial charge is 0.240 e. The molecule has 0 heterocycles. The zero-order valence-electron chi connectivity index (χ0n) is 11.1. The SMILES string of the molecule is CNS(=O)(=O)c1cccc(NC(=O)CCCN)c1C. The van der Waals surface area contributed by atoms with Crippen molar-refractivity contribution in [3.8, 4) is 0 Å². The first-order chi connectivity index (χ1) is 8.92. The van der Waals surface area contributed by atoms with Crippen LogP contribution in [0.5, 0.6) is 0 Å². The molecule has 4 N–H and O–H groups in total. The fourth-order valence-corrected chi connectivity index (χ4v) is 2.62. The lowest BCUT2D eigenvalue weighted by Crippen LogP contribution is -2.21. The van der Waals surface area contributed by atoms with E-state index < -0.39 is 10.0 Å². The molecule has 19 heavy (non-hydrogen) atoms. The average molecular weight is 285 g/mol. The largest absolute Gasteiger partial charge is 0.330 e. The maximum absolute atomic E-state index is 11.8. The maximum atomic E-state index is 11.8. The van der Waals surface area contributed by atoms with E-state index in [1.165, 1.54) is 13.1 Å². The van der Waals surface area contributed by atoms with Gasteiger partial charge in [-0.15, -0.1) is 0 Å². The van der Waals surface area contributed by atoms with Crippen molar-refractivity contribution in [2.75, 3.05) is 18.9 Å². The van der Waals surface area contributed by atoms with Gasteiger partial charge in [0.05, 0.1) is 4.90 Å². The van der Waals surface area contributed by atoms with Gasteiger partial charge in [0.1, 0.15) is 0 Å². The van der Waals surface area contributed by atoms with Crippen LogP contribution in [-0.4, -0.2) is 27.9 Å². The zero-order valence-corrected chi connectivity index (χ0v) is 11.9. The summed E-state index contributed by atoms with van der Waals surface area (Å²) in [5, 5.41) is 2.69. The first-order valence-electron chi connectivity index (χ1n) is 5.95. The second kappa shape index (κ2) is 6.65. The number of carbonyl (C=O) groups is 1. The molecule has 0 bridgehead atoms. The van der Waals surface area contributed by atoms with Crippen LogP contribution in [0.4, 0.5) is 5.69 Å². The zero-order chi connectivity index (χ0) is 14.5. The van der Waals surface area contributed by atoms with Gasteiger partial charge < -0.3 is 11.1 Å².